The van der Waals surface area contributed by atoms with Crippen LogP contribution in [0.4, 0.5) is 0 Å². The smallest absolute Gasteiger partial charge is 0.134 e. The van der Waals surface area contributed by atoms with E-state index < -0.39 is 0 Å². The first-order valence-corrected chi connectivity index (χ1v) is 7.63. The second-order valence-electron chi connectivity index (χ2n) is 6.80. The molecule has 0 aliphatic rings. The molecule has 0 aliphatic heterocycles. The molecule has 1 aromatic carbocycles. The number of fused-ring (bicyclic) bond motifs is 1. The number of hydrogen-bond acceptors (Lipinski definition) is 2. The van der Waals surface area contributed by atoms with Gasteiger partial charge >= 0.3 is 0 Å². The van der Waals surface area contributed by atoms with Crippen LogP contribution in [0.2, 0.25) is 0 Å². The summed E-state index contributed by atoms with van der Waals surface area (Å²) in [6.07, 6.45) is 1.09. The highest BCUT2D eigenvalue weighted by atomic mass is 16.3. The second kappa shape index (κ2) is 6.01. The average molecular weight is 273 g/mol. The quantitative estimate of drug-likeness (QED) is 0.814. The second-order valence-corrected chi connectivity index (χ2v) is 6.80. The van der Waals surface area contributed by atoms with Crippen molar-refractivity contribution in [1.29, 1.82) is 0 Å². The molecule has 2 atom stereocenters. The van der Waals surface area contributed by atoms with Crippen molar-refractivity contribution in [3.05, 3.63) is 36.1 Å². The molecule has 0 saturated carbocycles. The van der Waals surface area contributed by atoms with Crippen LogP contribution in [0.15, 0.2) is 34.7 Å². The molecule has 0 fully saturated rings. The van der Waals surface area contributed by atoms with E-state index in [2.05, 4.69) is 58.1 Å². The lowest BCUT2D eigenvalue weighted by atomic mass is 9.78. The fraction of sp³-hybridized carbons (Fsp3) is 0.556. The topological polar surface area (TPSA) is 25.2 Å². The van der Waals surface area contributed by atoms with E-state index in [0.29, 0.717) is 17.4 Å². The molecular weight excluding hydrogens is 246 g/mol. The van der Waals surface area contributed by atoms with Crippen molar-refractivity contribution in [1.82, 2.24) is 5.32 Å². The minimum absolute atomic E-state index is 0.293. The van der Waals surface area contributed by atoms with Gasteiger partial charge in [-0.2, -0.15) is 0 Å². The molecule has 1 N–H and O–H groups in total. The summed E-state index contributed by atoms with van der Waals surface area (Å²) in [5, 5.41) is 4.76. The summed E-state index contributed by atoms with van der Waals surface area (Å²) in [4.78, 5) is 0. The van der Waals surface area contributed by atoms with Gasteiger partial charge in [-0.1, -0.05) is 52.8 Å². The molecular formula is C18H27NO. The Bertz CT molecular complexity index is 517. The SMILES string of the molecule is CCNC(CC(C)C(C)(C)C)c1cc2ccccc2o1. The van der Waals surface area contributed by atoms with E-state index >= 15 is 0 Å². The molecule has 2 unspecified atom stereocenters. The number of rotatable bonds is 5. The maximum atomic E-state index is 6.03. The van der Waals surface area contributed by atoms with Gasteiger partial charge in [0.25, 0.3) is 0 Å². The largest absolute Gasteiger partial charge is 0.459 e. The molecule has 1 heterocycles. The summed E-state index contributed by atoms with van der Waals surface area (Å²) in [7, 11) is 0. The summed E-state index contributed by atoms with van der Waals surface area (Å²) in [5.74, 6) is 1.68. The van der Waals surface area contributed by atoms with Crippen LogP contribution in [0.5, 0.6) is 0 Å². The van der Waals surface area contributed by atoms with Gasteiger partial charge in [0, 0.05) is 5.39 Å². The predicted octanol–water partition coefficient (Wildman–Crippen LogP) is 5.16. The first kappa shape index (κ1) is 15.1. The van der Waals surface area contributed by atoms with Gasteiger partial charge in [-0.3, -0.25) is 0 Å². The van der Waals surface area contributed by atoms with Crippen LogP contribution in [-0.2, 0) is 0 Å². The van der Waals surface area contributed by atoms with E-state index in [1.807, 2.05) is 12.1 Å². The molecule has 0 saturated heterocycles. The van der Waals surface area contributed by atoms with Crippen molar-refractivity contribution in [3.63, 3.8) is 0 Å². The Kier molecular flexibility index (Phi) is 4.54. The van der Waals surface area contributed by atoms with E-state index in [9.17, 15) is 0 Å². The van der Waals surface area contributed by atoms with Crippen LogP contribution >= 0.6 is 0 Å². The minimum Gasteiger partial charge on any atom is -0.459 e. The van der Waals surface area contributed by atoms with E-state index in [4.69, 9.17) is 4.42 Å². The van der Waals surface area contributed by atoms with E-state index in [-0.39, 0.29) is 0 Å². The molecule has 2 heteroatoms. The zero-order chi connectivity index (χ0) is 14.8. The van der Waals surface area contributed by atoms with Crippen molar-refractivity contribution in [2.45, 2.75) is 47.1 Å². The standard InChI is InChI=1S/C18H27NO/c1-6-19-15(11-13(2)18(3,4)5)17-12-14-9-7-8-10-16(14)20-17/h7-10,12-13,15,19H,6,11H2,1-5H3. The molecule has 110 valence electrons. The van der Waals surface area contributed by atoms with Gasteiger partial charge in [-0.05, 0) is 36.4 Å². The van der Waals surface area contributed by atoms with Gasteiger partial charge in [0.1, 0.15) is 11.3 Å². The number of benzene rings is 1. The molecule has 0 bridgehead atoms. The molecule has 1 aromatic heterocycles. The summed E-state index contributed by atoms with van der Waals surface area (Å²) in [6.45, 7) is 12.3. The Balaban J connectivity index is 2.23. The van der Waals surface area contributed by atoms with Crippen molar-refractivity contribution in [3.8, 4) is 0 Å². The van der Waals surface area contributed by atoms with Crippen LogP contribution in [0.25, 0.3) is 11.0 Å². The van der Waals surface area contributed by atoms with Gasteiger partial charge in [0.2, 0.25) is 0 Å². The first-order chi connectivity index (χ1) is 9.41. The van der Waals surface area contributed by atoms with E-state index in [1.165, 1.54) is 5.39 Å². The first-order valence-electron chi connectivity index (χ1n) is 7.63. The van der Waals surface area contributed by atoms with Gasteiger partial charge in [0.15, 0.2) is 0 Å². The van der Waals surface area contributed by atoms with Crippen molar-refractivity contribution < 1.29 is 4.42 Å². The third kappa shape index (κ3) is 3.43. The van der Waals surface area contributed by atoms with Gasteiger partial charge in [-0.15, -0.1) is 0 Å². The van der Waals surface area contributed by atoms with Crippen molar-refractivity contribution in [2.24, 2.45) is 11.3 Å². The summed E-state index contributed by atoms with van der Waals surface area (Å²) >= 11 is 0. The molecule has 2 rings (SSSR count). The molecule has 0 spiro atoms. The summed E-state index contributed by atoms with van der Waals surface area (Å²) < 4.78 is 6.03. The lowest BCUT2D eigenvalue weighted by Gasteiger charge is -2.30. The normalized spacial score (nSPS) is 15.4. The van der Waals surface area contributed by atoms with E-state index in [0.717, 1.165) is 24.3 Å². The number of furan rings is 1. The van der Waals surface area contributed by atoms with Gasteiger partial charge in [0.05, 0.1) is 6.04 Å². The fourth-order valence-corrected chi connectivity index (χ4v) is 2.43. The highest BCUT2D eigenvalue weighted by molar-refractivity contribution is 5.77. The summed E-state index contributed by atoms with van der Waals surface area (Å²) in [6, 6.07) is 10.7. The third-order valence-electron chi connectivity index (χ3n) is 4.31. The monoisotopic (exact) mass is 273 g/mol. The zero-order valence-corrected chi connectivity index (χ0v) is 13.4. The van der Waals surface area contributed by atoms with Gasteiger partial charge < -0.3 is 9.73 Å². The number of hydrogen-bond donors (Lipinski definition) is 1. The highest BCUT2D eigenvalue weighted by Crippen LogP contribution is 2.34. The Labute approximate surface area is 122 Å². The Morgan fingerprint density at radius 1 is 1.20 bits per heavy atom. The van der Waals surface area contributed by atoms with Crippen LogP contribution < -0.4 is 5.32 Å². The lowest BCUT2D eigenvalue weighted by molar-refractivity contribution is 0.216. The maximum absolute atomic E-state index is 6.03. The average Bonchev–Trinajstić information content (AvgIpc) is 2.80. The van der Waals surface area contributed by atoms with Crippen molar-refractivity contribution in [2.75, 3.05) is 6.54 Å². The molecule has 2 nitrogen and oxygen atoms in total. The predicted molar refractivity (Wildman–Crippen MR) is 85.9 cm³/mol. The third-order valence-corrected chi connectivity index (χ3v) is 4.31. The Morgan fingerprint density at radius 2 is 1.90 bits per heavy atom. The number of nitrogens with one attached hydrogen (secondary N) is 1. The minimum atomic E-state index is 0.293. The molecule has 0 amide bonds. The maximum Gasteiger partial charge on any atom is 0.134 e. The molecule has 0 radical (unpaired) electrons. The zero-order valence-electron chi connectivity index (χ0n) is 13.4. The molecule has 0 aliphatic carbocycles. The Morgan fingerprint density at radius 3 is 2.50 bits per heavy atom. The van der Waals surface area contributed by atoms with E-state index in [1.54, 1.807) is 0 Å². The number of para-hydroxylation sites is 1. The summed E-state index contributed by atoms with van der Waals surface area (Å²) in [5.41, 5.74) is 1.30. The van der Waals surface area contributed by atoms with Crippen LogP contribution in [0.3, 0.4) is 0 Å². The molecule has 2 aromatic rings. The van der Waals surface area contributed by atoms with Crippen LogP contribution in [-0.4, -0.2) is 6.54 Å². The van der Waals surface area contributed by atoms with Crippen LogP contribution in [0.1, 0.15) is 52.8 Å². The highest BCUT2D eigenvalue weighted by Gasteiger charge is 2.25. The van der Waals surface area contributed by atoms with Gasteiger partial charge in [-0.25, -0.2) is 0 Å². The Hall–Kier alpha value is -1.28. The van der Waals surface area contributed by atoms with Crippen LogP contribution in [0, 0.1) is 11.3 Å². The molecule has 20 heavy (non-hydrogen) atoms. The fourth-order valence-electron chi connectivity index (χ4n) is 2.43. The lowest BCUT2D eigenvalue weighted by Crippen LogP contribution is -2.27. The van der Waals surface area contributed by atoms with Crippen molar-refractivity contribution >= 4 is 11.0 Å².